The van der Waals surface area contributed by atoms with Crippen LogP contribution in [-0.4, -0.2) is 19.6 Å². The second kappa shape index (κ2) is 9.23. The van der Waals surface area contributed by atoms with E-state index in [-0.39, 0.29) is 11.1 Å². The van der Waals surface area contributed by atoms with Crippen LogP contribution in [0.4, 0.5) is 4.39 Å². The van der Waals surface area contributed by atoms with E-state index in [0.29, 0.717) is 24.3 Å². The zero-order valence-electron chi connectivity index (χ0n) is 14.7. The summed E-state index contributed by atoms with van der Waals surface area (Å²) in [4.78, 5) is 12.2. The Morgan fingerprint density at radius 3 is 2.88 bits per heavy atom. The molecule has 0 aromatic heterocycles. The van der Waals surface area contributed by atoms with Crippen LogP contribution in [0, 0.1) is 17.1 Å². The number of hydrogen-bond donors (Lipinski definition) is 2. The van der Waals surface area contributed by atoms with E-state index >= 15 is 0 Å². The Morgan fingerprint density at radius 1 is 1.42 bits per heavy atom. The predicted octanol–water partition coefficient (Wildman–Crippen LogP) is 3.32. The van der Waals surface area contributed by atoms with Crippen molar-refractivity contribution in [2.24, 2.45) is 0 Å². The van der Waals surface area contributed by atoms with Crippen molar-refractivity contribution < 1.29 is 13.9 Å². The number of nitrogens with one attached hydrogen (secondary N) is 2. The maximum atomic E-state index is 13.2. The summed E-state index contributed by atoms with van der Waals surface area (Å²) >= 11 is 0. The van der Waals surface area contributed by atoms with Gasteiger partial charge in [-0.15, -0.1) is 0 Å². The molecule has 0 atom stereocenters. The molecular weight excluding hydrogens is 333 g/mol. The summed E-state index contributed by atoms with van der Waals surface area (Å²) in [5.74, 6) is -0.295. The minimum atomic E-state index is -0.496. The van der Waals surface area contributed by atoms with Gasteiger partial charge in [0.15, 0.2) is 0 Å². The number of allylic oxidation sites excluding steroid dienone is 5. The van der Waals surface area contributed by atoms with Gasteiger partial charge in [-0.25, -0.2) is 4.39 Å². The molecule has 0 saturated heterocycles. The Balaban J connectivity index is 2.28. The second-order valence-electron chi connectivity index (χ2n) is 5.42. The zero-order chi connectivity index (χ0) is 18.9. The number of hydrogen-bond acceptors (Lipinski definition) is 4. The van der Waals surface area contributed by atoms with Gasteiger partial charge in [0.1, 0.15) is 17.6 Å². The zero-order valence-corrected chi connectivity index (χ0v) is 14.7. The lowest BCUT2D eigenvalue weighted by atomic mass is 10.0. The molecule has 0 bridgehead atoms. The number of carbonyl (C=O) groups excluding carboxylic acids is 1. The van der Waals surface area contributed by atoms with Gasteiger partial charge in [-0.1, -0.05) is 6.07 Å². The van der Waals surface area contributed by atoms with Crippen LogP contribution in [0.2, 0.25) is 0 Å². The fraction of sp³-hybridized carbons (Fsp3) is 0.200. The Kier molecular flexibility index (Phi) is 6.75. The first-order valence-electron chi connectivity index (χ1n) is 8.15. The Morgan fingerprint density at radius 2 is 2.23 bits per heavy atom. The van der Waals surface area contributed by atoms with Gasteiger partial charge in [-0.3, -0.25) is 4.79 Å². The van der Waals surface area contributed by atoms with Crippen molar-refractivity contribution in [2.45, 2.75) is 13.3 Å². The van der Waals surface area contributed by atoms with Gasteiger partial charge in [-0.2, -0.15) is 5.26 Å². The Labute approximate surface area is 152 Å². The summed E-state index contributed by atoms with van der Waals surface area (Å²) in [6, 6.07) is 7.45. The molecule has 0 heterocycles. The van der Waals surface area contributed by atoms with Crippen LogP contribution < -0.4 is 10.6 Å². The molecule has 0 aliphatic heterocycles. The van der Waals surface area contributed by atoms with E-state index in [9.17, 15) is 14.4 Å². The highest BCUT2D eigenvalue weighted by Crippen LogP contribution is 2.22. The van der Waals surface area contributed by atoms with Crippen molar-refractivity contribution in [1.82, 2.24) is 10.6 Å². The quantitative estimate of drug-likeness (QED) is 0.770. The van der Waals surface area contributed by atoms with Gasteiger partial charge in [0, 0.05) is 36.0 Å². The van der Waals surface area contributed by atoms with Crippen LogP contribution in [-0.2, 0) is 4.74 Å². The molecule has 0 spiro atoms. The van der Waals surface area contributed by atoms with E-state index in [0.717, 1.165) is 11.8 Å². The number of halogens is 1. The van der Waals surface area contributed by atoms with Crippen LogP contribution in [0.3, 0.4) is 0 Å². The van der Waals surface area contributed by atoms with Crippen LogP contribution >= 0.6 is 0 Å². The summed E-state index contributed by atoms with van der Waals surface area (Å²) in [5, 5.41) is 15.3. The lowest BCUT2D eigenvalue weighted by Crippen LogP contribution is -2.19. The molecule has 0 radical (unpaired) electrons. The van der Waals surface area contributed by atoms with E-state index in [4.69, 9.17) is 4.74 Å². The van der Waals surface area contributed by atoms with Crippen molar-refractivity contribution in [3.63, 3.8) is 0 Å². The van der Waals surface area contributed by atoms with E-state index in [1.54, 1.807) is 19.3 Å². The van der Waals surface area contributed by atoms with E-state index in [2.05, 4.69) is 16.7 Å². The van der Waals surface area contributed by atoms with Gasteiger partial charge >= 0.3 is 0 Å². The molecule has 2 N–H and O–H groups in total. The van der Waals surface area contributed by atoms with Crippen LogP contribution in [0.5, 0.6) is 0 Å². The molecule has 134 valence electrons. The van der Waals surface area contributed by atoms with Gasteiger partial charge < -0.3 is 15.4 Å². The Bertz CT molecular complexity index is 845. The molecule has 0 saturated carbocycles. The van der Waals surface area contributed by atoms with Crippen LogP contribution in [0.1, 0.15) is 23.7 Å². The topological polar surface area (TPSA) is 74.2 Å². The van der Waals surface area contributed by atoms with E-state index in [1.807, 2.05) is 13.0 Å². The highest BCUT2D eigenvalue weighted by atomic mass is 19.1. The highest BCUT2D eigenvalue weighted by Gasteiger charge is 2.13. The molecule has 1 aromatic carbocycles. The summed E-state index contributed by atoms with van der Waals surface area (Å²) < 4.78 is 18.5. The number of rotatable bonds is 6. The number of nitriles is 1. The maximum Gasteiger partial charge on any atom is 0.255 e. The minimum Gasteiger partial charge on any atom is -0.497 e. The summed E-state index contributed by atoms with van der Waals surface area (Å²) in [5.41, 5.74) is 1.98. The second-order valence-corrected chi connectivity index (χ2v) is 5.42. The average molecular weight is 353 g/mol. The van der Waals surface area contributed by atoms with Crippen LogP contribution in [0.15, 0.2) is 71.3 Å². The van der Waals surface area contributed by atoms with Crippen molar-refractivity contribution >= 4 is 5.91 Å². The molecule has 5 nitrogen and oxygen atoms in total. The van der Waals surface area contributed by atoms with Crippen LogP contribution in [0.25, 0.3) is 0 Å². The molecule has 1 amide bonds. The maximum absolute atomic E-state index is 13.2. The van der Waals surface area contributed by atoms with E-state index < -0.39 is 11.7 Å². The minimum absolute atomic E-state index is 0.180. The molecule has 6 heteroatoms. The number of methoxy groups -OCH3 is 1. The first kappa shape index (κ1) is 19.0. The normalized spacial score (nSPS) is 14.2. The number of nitrogens with zero attached hydrogens (tertiary/aromatic N) is 1. The first-order valence-corrected chi connectivity index (χ1v) is 8.15. The number of amides is 1. The molecule has 0 unspecified atom stereocenters. The van der Waals surface area contributed by atoms with E-state index in [1.165, 1.54) is 24.4 Å². The molecule has 0 fully saturated rings. The lowest BCUT2D eigenvalue weighted by Gasteiger charge is -2.11. The third-order valence-corrected chi connectivity index (χ3v) is 3.72. The smallest absolute Gasteiger partial charge is 0.255 e. The van der Waals surface area contributed by atoms with Crippen molar-refractivity contribution in [3.05, 3.63) is 82.7 Å². The fourth-order valence-corrected chi connectivity index (χ4v) is 2.45. The van der Waals surface area contributed by atoms with Crippen molar-refractivity contribution in [3.8, 4) is 6.07 Å². The molecule has 1 aliphatic carbocycles. The van der Waals surface area contributed by atoms with Crippen molar-refractivity contribution in [1.29, 1.82) is 5.26 Å². The number of carbonyl (C=O) groups is 1. The van der Waals surface area contributed by atoms with Gasteiger partial charge in [-0.05, 0) is 43.4 Å². The number of ether oxygens (including phenoxy) is 1. The van der Waals surface area contributed by atoms with Crippen molar-refractivity contribution in [2.75, 3.05) is 13.7 Å². The summed E-state index contributed by atoms with van der Waals surface area (Å²) in [6.07, 6.45) is 7.34. The third-order valence-electron chi connectivity index (χ3n) is 3.72. The Hall–Kier alpha value is -3.33. The largest absolute Gasteiger partial charge is 0.497 e. The average Bonchev–Trinajstić information content (AvgIpc) is 2.85. The molecule has 1 aliphatic rings. The third kappa shape index (κ3) is 4.84. The van der Waals surface area contributed by atoms with Gasteiger partial charge in [0.2, 0.25) is 0 Å². The first-order chi connectivity index (χ1) is 12.6. The highest BCUT2D eigenvalue weighted by molar-refractivity contribution is 5.94. The monoisotopic (exact) mass is 353 g/mol. The fourth-order valence-electron chi connectivity index (χ4n) is 2.45. The molecule has 26 heavy (non-hydrogen) atoms. The summed E-state index contributed by atoms with van der Waals surface area (Å²) in [6.45, 7) is 2.65. The summed E-state index contributed by atoms with van der Waals surface area (Å²) in [7, 11) is 1.58. The van der Waals surface area contributed by atoms with Gasteiger partial charge in [0.05, 0.1) is 12.7 Å². The SMILES string of the molecule is CCNC1=C(/C(C#N)=C/NC(=O)c2cccc(F)c2)C=CC(OC)=CC1. The van der Waals surface area contributed by atoms with Gasteiger partial charge in [0.25, 0.3) is 5.91 Å². The predicted molar refractivity (Wildman–Crippen MR) is 97.1 cm³/mol. The molecular formula is C20H20FN3O2. The number of benzene rings is 1. The molecule has 2 rings (SSSR count). The lowest BCUT2D eigenvalue weighted by molar-refractivity contribution is 0.0969. The standard InChI is InChI=1S/C20H20FN3O2/c1-3-23-19-10-8-17(26-2)7-9-18(19)15(12-22)13-24-20(25)14-5-4-6-16(21)11-14/h4-9,11,13,23H,3,10H2,1-2H3,(H,24,25)/b15-13+. The molecule has 1 aromatic rings.